The summed E-state index contributed by atoms with van der Waals surface area (Å²) in [5.41, 5.74) is 0.271. The molecule has 72 valence electrons. The normalized spacial score (nSPS) is 33.8. The second-order valence-electron chi connectivity index (χ2n) is 3.98. The van der Waals surface area contributed by atoms with E-state index in [1.807, 2.05) is 0 Å². The molecule has 0 aromatic heterocycles. The van der Waals surface area contributed by atoms with Crippen molar-refractivity contribution in [1.29, 1.82) is 0 Å². The second kappa shape index (κ2) is 2.35. The van der Waals surface area contributed by atoms with E-state index in [4.69, 9.17) is 4.74 Å². The van der Waals surface area contributed by atoms with Gasteiger partial charge in [0.05, 0.1) is 12.0 Å². The molecule has 2 atom stereocenters. The zero-order valence-electron chi connectivity index (χ0n) is 7.50. The fourth-order valence-electron chi connectivity index (χ4n) is 2.32. The Labute approximate surface area is 80.7 Å². The van der Waals surface area contributed by atoms with Gasteiger partial charge >= 0.3 is 5.97 Å². The maximum absolute atomic E-state index is 13.0. The van der Waals surface area contributed by atoms with E-state index in [-0.39, 0.29) is 17.7 Å². The van der Waals surface area contributed by atoms with Crippen LogP contribution in [0.2, 0.25) is 0 Å². The van der Waals surface area contributed by atoms with Gasteiger partial charge in [-0.1, -0.05) is 12.1 Å². The van der Waals surface area contributed by atoms with E-state index in [0.29, 0.717) is 6.61 Å². The van der Waals surface area contributed by atoms with Crippen LogP contribution in [0.5, 0.6) is 0 Å². The highest BCUT2D eigenvalue weighted by Crippen LogP contribution is 2.58. The third-order valence-corrected chi connectivity index (χ3v) is 3.22. The minimum Gasteiger partial charge on any atom is -0.465 e. The fraction of sp³-hybridized carbons (Fsp3) is 0.364. The topological polar surface area (TPSA) is 26.3 Å². The van der Waals surface area contributed by atoms with E-state index in [1.54, 1.807) is 12.1 Å². The zero-order chi connectivity index (χ0) is 9.76. The number of cyclic esters (lactones) is 1. The average Bonchev–Trinajstić information content (AvgIpc) is 2.83. The number of halogens is 1. The number of fused-ring (bicyclic) bond motifs is 1. The summed E-state index contributed by atoms with van der Waals surface area (Å²) in [5.74, 6) is -0.202. The standard InChI is InChI=1S/C11H9FO2/c12-9-3-1-2-7(4-9)11-5-8(11)6-14-10(11)13/h1-4,8H,5-6H2/t8-,11+/m0/s1. The van der Waals surface area contributed by atoms with Crippen LogP contribution in [0.3, 0.4) is 0 Å². The van der Waals surface area contributed by atoms with Crippen molar-refractivity contribution in [2.45, 2.75) is 11.8 Å². The van der Waals surface area contributed by atoms with Crippen LogP contribution >= 0.6 is 0 Å². The van der Waals surface area contributed by atoms with E-state index < -0.39 is 5.41 Å². The lowest BCUT2D eigenvalue weighted by molar-refractivity contribution is -0.142. The average molecular weight is 192 g/mol. The number of hydrogen-bond donors (Lipinski definition) is 0. The molecule has 1 aromatic carbocycles. The third kappa shape index (κ3) is 0.820. The van der Waals surface area contributed by atoms with Crippen LogP contribution in [0.15, 0.2) is 24.3 Å². The van der Waals surface area contributed by atoms with Crippen LogP contribution in [0.25, 0.3) is 0 Å². The van der Waals surface area contributed by atoms with Gasteiger partial charge in [0.1, 0.15) is 5.82 Å². The highest BCUT2D eigenvalue weighted by atomic mass is 19.1. The lowest BCUT2D eigenvalue weighted by Gasteiger charge is -2.08. The van der Waals surface area contributed by atoms with Crippen molar-refractivity contribution in [3.63, 3.8) is 0 Å². The number of hydrogen-bond acceptors (Lipinski definition) is 2. The van der Waals surface area contributed by atoms with E-state index >= 15 is 0 Å². The molecule has 2 nitrogen and oxygen atoms in total. The van der Waals surface area contributed by atoms with E-state index in [9.17, 15) is 9.18 Å². The van der Waals surface area contributed by atoms with Crippen molar-refractivity contribution >= 4 is 5.97 Å². The number of esters is 1. The smallest absolute Gasteiger partial charge is 0.317 e. The first kappa shape index (κ1) is 7.97. The van der Waals surface area contributed by atoms with Crippen LogP contribution in [-0.4, -0.2) is 12.6 Å². The molecule has 1 aliphatic heterocycles. The summed E-state index contributed by atoms with van der Waals surface area (Å²) in [4.78, 5) is 11.5. The van der Waals surface area contributed by atoms with Crippen molar-refractivity contribution in [3.05, 3.63) is 35.6 Å². The Balaban J connectivity index is 2.08. The summed E-state index contributed by atoms with van der Waals surface area (Å²) in [5, 5.41) is 0. The molecule has 3 heteroatoms. The van der Waals surface area contributed by atoms with Crippen LogP contribution < -0.4 is 0 Å². The highest BCUT2D eigenvalue weighted by molar-refractivity contribution is 5.89. The van der Waals surface area contributed by atoms with Crippen LogP contribution in [0.4, 0.5) is 4.39 Å². The number of rotatable bonds is 1. The first-order valence-corrected chi connectivity index (χ1v) is 4.67. The number of benzene rings is 1. The maximum Gasteiger partial charge on any atom is 0.317 e. The van der Waals surface area contributed by atoms with Gasteiger partial charge < -0.3 is 4.74 Å². The van der Waals surface area contributed by atoms with Gasteiger partial charge in [-0.2, -0.15) is 0 Å². The van der Waals surface area contributed by atoms with Crippen molar-refractivity contribution in [3.8, 4) is 0 Å². The van der Waals surface area contributed by atoms with Gasteiger partial charge in [0.25, 0.3) is 0 Å². The molecule has 0 radical (unpaired) electrons. The fourth-order valence-corrected chi connectivity index (χ4v) is 2.32. The molecule has 1 saturated carbocycles. The van der Waals surface area contributed by atoms with Crippen molar-refractivity contribution in [1.82, 2.24) is 0 Å². The molecule has 0 N–H and O–H groups in total. The predicted octanol–water partition coefficient (Wildman–Crippen LogP) is 1.64. The summed E-state index contributed by atoms with van der Waals surface area (Å²) in [7, 11) is 0. The van der Waals surface area contributed by atoms with E-state index in [0.717, 1.165) is 12.0 Å². The Hall–Kier alpha value is -1.38. The number of ether oxygens (including phenoxy) is 1. The van der Waals surface area contributed by atoms with Gasteiger partial charge in [-0.05, 0) is 24.1 Å². The van der Waals surface area contributed by atoms with Gasteiger partial charge in [-0.15, -0.1) is 0 Å². The molecule has 1 aromatic rings. The molecule has 2 fully saturated rings. The minimum atomic E-state index is -0.498. The Morgan fingerprint density at radius 1 is 1.50 bits per heavy atom. The molecule has 0 spiro atoms. The van der Waals surface area contributed by atoms with Gasteiger partial charge in [0.15, 0.2) is 0 Å². The lowest BCUT2D eigenvalue weighted by atomic mass is 9.95. The monoisotopic (exact) mass is 192 g/mol. The summed E-state index contributed by atoms with van der Waals surface area (Å²) < 4.78 is 17.9. The highest BCUT2D eigenvalue weighted by Gasteiger charge is 2.66. The number of carbonyl (C=O) groups excluding carboxylic acids is 1. The molecule has 2 aliphatic rings. The van der Waals surface area contributed by atoms with Crippen LogP contribution in [0, 0.1) is 11.7 Å². The molecule has 1 aliphatic carbocycles. The maximum atomic E-state index is 13.0. The quantitative estimate of drug-likeness (QED) is 0.632. The first-order valence-electron chi connectivity index (χ1n) is 4.67. The molecule has 1 heterocycles. The van der Waals surface area contributed by atoms with E-state index in [2.05, 4.69) is 0 Å². The van der Waals surface area contributed by atoms with Crippen LogP contribution in [-0.2, 0) is 14.9 Å². The van der Waals surface area contributed by atoms with E-state index in [1.165, 1.54) is 12.1 Å². The van der Waals surface area contributed by atoms with Gasteiger partial charge in [-0.3, -0.25) is 4.79 Å². The largest absolute Gasteiger partial charge is 0.465 e. The minimum absolute atomic E-state index is 0.187. The molecular weight excluding hydrogens is 183 g/mol. The Kier molecular flexibility index (Phi) is 1.34. The second-order valence-corrected chi connectivity index (χ2v) is 3.98. The molecule has 3 rings (SSSR count). The van der Waals surface area contributed by atoms with Crippen LogP contribution in [0.1, 0.15) is 12.0 Å². The molecule has 1 saturated heterocycles. The molecule has 0 amide bonds. The Morgan fingerprint density at radius 2 is 2.36 bits per heavy atom. The summed E-state index contributed by atoms with van der Waals surface area (Å²) in [6, 6.07) is 6.26. The summed E-state index contributed by atoms with van der Waals surface area (Å²) in [6.45, 7) is 0.495. The van der Waals surface area contributed by atoms with Crippen molar-refractivity contribution in [2.75, 3.05) is 6.61 Å². The summed E-state index contributed by atoms with van der Waals surface area (Å²) in [6.07, 6.45) is 0.815. The molecule has 14 heavy (non-hydrogen) atoms. The van der Waals surface area contributed by atoms with Crippen molar-refractivity contribution < 1.29 is 13.9 Å². The lowest BCUT2D eigenvalue weighted by Crippen LogP contribution is -2.18. The molecule has 0 bridgehead atoms. The van der Waals surface area contributed by atoms with Gasteiger partial charge in [0.2, 0.25) is 0 Å². The van der Waals surface area contributed by atoms with Crippen molar-refractivity contribution in [2.24, 2.45) is 5.92 Å². The molecular formula is C11H9FO2. The van der Waals surface area contributed by atoms with Gasteiger partial charge in [0, 0.05) is 5.92 Å². The zero-order valence-corrected chi connectivity index (χ0v) is 7.50. The summed E-state index contributed by atoms with van der Waals surface area (Å²) >= 11 is 0. The third-order valence-electron chi connectivity index (χ3n) is 3.22. The Morgan fingerprint density at radius 3 is 2.93 bits per heavy atom. The SMILES string of the molecule is O=C1OC[C@@H]2C[C@]12c1cccc(F)c1. The predicted molar refractivity (Wildman–Crippen MR) is 47.1 cm³/mol. The van der Waals surface area contributed by atoms with Gasteiger partial charge in [-0.25, -0.2) is 4.39 Å². The molecule has 0 unspecified atom stereocenters. The Bertz CT molecular complexity index is 416. The first-order chi connectivity index (χ1) is 6.73. The number of carbonyl (C=O) groups is 1.